The van der Waals surface area contributed by atoms with Crippen molar-refractivity contribution in [2.24, 2.45) is 0 Å². The minimum Gasteiger partial charge on any atom is -0.369 e. The quantitative estimate of drug-likeness (QED) is 0.915. The monoisotopic (exact) mass is 268 g/mol. The van der Waals surface area contributed by atoms with Crippen LogP contribution in [-0.4, -0.2) is 11.5 Å². The lowest BCUT2D eigenvalue weighted by Crippen LogP contribution is -2.07. The summed E-state index contributed by atoms with van der Waals surface area (Å²) in [6.07, 6.45) is 2.11. The van der Waals surface area contributed by atoms with Crippen LogP contribution in [0.5, 0.6) is 0 Å². The molecular weight excluding hydrogens is 258 g/mol. The topological polar surface area (TPSA) is 24.9 Å². The second-order valence-corrected chi connectivity index (χ2v) is 4.20. The van der Waals surface area contributed by atoms with E-state index in [0.717, 1.165) is 6.07 Å². The standard InChI is InChI=1S/C13H11ClF2N2/c14-12-2-1-4-17-13(12)18-5-3-9-6-10(15)8-11(16)7-9/h1-2,4,6-8H,3,5H2,(H,17,18). The van der Waals surface area contributed by atoms with Crippen LogP contribution in [0.15, 0.2) is 36.5 Å². The zero-order valence-corrected chi connectivity index (χ0v) is 10.2. The van der Waals surface area contributed by atoms with Gasteiger partial charge in [0.25, 0.3) is 0 Å². The van der Waals surface area contributed by atoms with Gasteiger partial charge in [-0.2, -0.15) is 0 Å². The van der Waals surface area contributed by atoms with Crippen LogP contribution in [0, 0.1) is 11.6 Å². The molecule has 1 aromatic heterocycles. The van der Waals surface area contributed by atoms with Gasteiger partial charge in [-0.25, -0.2) is 13.8 Å². The van der Waals surface area contributed by atoms with E-state index in [0.29, 0.717) is 29.4 Å². The predicted molar refractivity (Wildman–Crippen MR) is 67.8 cm³/mol. The van der Waals surface area contributed by atoms with Crippen LogP contribution in [0.4, 0.5) is 14.6 Å². The van der Waals surface area contributed by atoms with Gasteiger partial charge in [-0.05, 0) is 36.2 Å². The molecule has 0 aliphatic rings. The van der Waals surface area contributed by atoms with Crippen LogP contribution in [0.1, 0.15) is 5.56 Å². The molecule has 0 aliphatic carbocycles. The summed E-state index contributed by atoms with van der Waals surface area (Å²) >= 11 is 5.91. The summed E-state index contributed by atoms with van der Waals surface area (Å²) in [4.78, 5) is 4.05. The third kappa shape index (κ3) is 3.40. The lowest BCUT2D eigenvalue weighted by Gasteiger charge is -2.07. The van der Waals surface area contributed by atoms with E-state index in [1.54, 1.807) is 18.3 Å². The van der Waals surface area contributed by atoms with Crippen molar-refractivity contribution in [3.05, 3.63) is 58.7 Å². The molecule has 0 aliphatic heterocycles. The Balaban J connectivity index is 1.94. The fraction of sp³-hybridized carbons (Fsp3) is 0.154. The molecule has 0 bridgehead atoms. The number of nitrogens with one attached hydrogen (secondary N) is 1. The van der Waals surface area contributed by atoms with Crippen molar-refractivity contribution >= 4 is 17.4 Å². The van der Waals surface area contributed by atoms with E-state index in [1.807, 2.05) is 0 Å². The first kappa shape index (κ1) is 12.8. The Morgan fingerprint density at radius 3 is 2.56 bits per heavy atom. The van der Waals surface area contributed by atoms with Crippen LogP contribution >= 0.6 is 11.6 Å². The first-order valence-corrected chi connectivity index (χ1v) is 5.82. The van der Waals surface area contributed by atoms with E-state index in [4.69, 9.17) is 11.6 Å². The molecule has 1 heterocycles. The van der Waals surface area contributed by atoms with E-state index in [1.165, 1.54) is 12.1 Å². The molecule has 2 rings (SSSR count). The number of hydrogen-bond acceptors (Lipinski definition) is 2. The highest BCUT2D eigenvalue weighted by atomic mass is 35.5. The van der Waals surface area contributed by atoms with Crippen molar-refractivity contribution in [3.8, 4) is 0 Å². The maximum atomic E-state index is 12.9. The molecule has 0 amide bonds. The van der Waals surface area contributed by atoms with Crippen LogP contribution < -0.4 is 5.32 Å². The molecule has 2 aromatic rings. The molecule has 2 nitrogen and oxygen atoms in total. The SMILES string of the molecule is Fc1cc(F)cc(CCNc2ncccc2Cl)c1. The summed E-state index contributed by atoms with van der Waals surface area (Å²) in [6, 6.07) is 6.93. The molecule has 1 N–H and O–H groups in total. The highest BCUT2D eigenvalue weighted by molar-refractivity contribution is 6.32. The maximum Gasteiger partial charge on any atom is 0.144 e. The Kier molecular flexibility index (Phi) is 4.10. The maximum absolute atomic E-state index is 12.9. The predicted octanol–water partition coefficient (Wildman–Crippen LogP) is 3.67. The van der Waals surface area contributed by atoms with E-state index in [-0.39, 0.29) is 0 Å². The number of nitrogens with zero attached hydrogens (tertiary/aromatic N) is 1. The molecule has 0 atom stereocenters. The van der Waals surface area contributed by atoms with Crippen molar-refractivity contribution in [1.82, 2.24) is 4.98 Å². The third-order valence-corrected chi connectivity index (χ3v) is 2.69. The lowest BCUT2D eigenvalue weighted by molar-refractivity contribution is 0.580. The van der Waals surface area contributed by atoms with E-state index in [2.05, 4.69) is 10.3 Å². The summed E-state index contributed by atoms with van der Waals surface area (Å²) in [7, 11) is 0. The minimum atomic E-state index is -0.569. The van der Waals surface area contributed by atoms with Gasteiger partial charge in [-0.1, -0.05) is 11.6 Å². The molecule has 5 heteroatoms. The zero-order valence-electron chi connectivity index (χ0n) is 9.46. The fourth-order valence-corrected chi connectivity index (χ4v) is 1.78. The van der Waals surface area contributed by atoms with Crippen molar-refractivity contribution in [3.63, 3.8) is 0 Å². The molecule has 0 radical (unpaired) electrons. The summed E-state index contributed by atoms with van der Waals surface area (Å²) < 4.78 is 25.9. The minimum absolute atomic E-state index is 0.488. The fourth-order valence-electron chi connectivity index (χ4n) is 1.60. The number of halogens is 3. The lowest BCUT2D eigenvalue weighted by atomic mass is 10.1. The number of benzene rings is 1. The zero-order chi connectivity index (χ0) is 13.0. The Hall–Kier alpha value is -1.68. The molecule has 94 valence electrons. The van der Waals surface area contributed by atoms with Gasteiger partial charge in [0.15, 0.2) is 0 Å². The van der Waals surface area contributed by atoms with E-state index in [9.17, 15) is 8.78 Å². The van der Waals surface area contributed by atoms with Gasteiger partial charge in [0.1, 0.15) is 17.5 Å². The van der Waals surface area contributed by atoms with Gasteiger partial charge in [-0.15, -0.1) is 0 Å². The van der Waals surface area contributed by atoms with Gasteiger partial charge >= 0.3 is 0 Å². The first-order chi connectivity index (χ1) is 8.65. The number of aromatic nitrogens is 1. The van der Waals surface area contributed by atoms with Crippen LogP contribution in [-0.2, 0) is 6.42 Å². The van der Waals surface area contributed by atoms with Gasteiger partial charge in [0.05, 0.1) is 5.02 Å². The van der Waals surface area contributed by atoms with Gasteiger partial charge in [0, 0.05) is 18.8 Å². The summed E-state index contributed by atoms with van der Waals surface area (Å²) in [6.45, 7) is 0.500. The molecule has 1 aromatic carbocycles. The second-order valence-electron chi connectivity index (χ2n) is 3.79. The summed E-state index contributed by atoms with van der Waals surface area (Å²) in [5, 5.41) is 3.53. The van der Waals surface area contributed by atoms with Crippen LogP contribution in [0.2, 0.25) is 5.02 Å². The van der Waals surface area contributed by atoms with Crippen molar-refractivity contribution in [2.75, 3.05) is 11.9 Å². The molecule has 0 unspecified atom stereocenters. The highest BCUT2D eigenvalue weighted by Gasteiger charge is 2.02. The molecular formula is C13H11ClF2N2. The van der Waals surface area contributed by atoms with Crippen molar-refractivity contribution in [1.29, 1.82) is 0 Å². The third-order valence-electron chi connectivity index (χ3n) is 2.39. The summed E-state index contributed by atoms with van der Waals surface area (Å²) in [5.74, 6) is -0.572. The van der Waals surface area contributed by atoms with E-state index >= 15 is 0 Å². The largest absolute Gasteiger partial charge is 0.369 e. The Morgan fingerprint density at radius 2 is 1.89 bits per heavy atom. The number of hydrogen-bond donors (Lipinski definition) is 1. The van der Waals surface area contributed by atoms with Gasteiger partial charge < -0.3 is 5.32 Å². The Bertz CT molecular complexity index is 526. The Labute approximate surface area is 109 Å². The highest BCUT2D eigenvalue weighted by Crippen LogP contribution is 2.17. The van der Waals surface area contributed by atoms with Gasteiger partial charge in [-0.3, -0.25) is 0 Å². The number of pyridine rings is 1. The Morgan fingerprint density at radius 1 is 1.17 bits per heavy atom. The average Bonchev–Trinajstić information content (AvgIpc) is 2.30. The van der Waals surface area contributed by atoms with Crippen molar-refractivity contribution < 1.29 is 8.78 Å². The molecule has 0 fully saturated rings. The molecule has 0 saturated carbocycles. The van der Waals surface area contributed by atoms with E-state index < -0.39 is 11.6 Å². The molecule has 18 heavy (non-hydrogen) atoms. The number of anilines is 1. The smallest absolute Gasteiger partial charge is 0.144 e. The van der Waals surface area contributed by atoms with Crippen LogP contribution in [0.25, 0.3) is 0 Å². The normalized spacial score (nSPS) is 10.4. The number of rotatable bonds is 4. The second kappa shape index (κ2) is 5.78. The van der Waals surface area contributed by atoms with Crippen molar-refractivity contribution in [2.45, 2.75) is 6.42 Å². The van der Waals surface area contributed by atoms with Gasteiger partial charge in [0.2, 0.25) is 0 Å². The van der Waals surface area contributed by atoms with Crippen LogP contribution in [0.3, 0.4) is 0 Å². The molecule has 0 spiro atoms. The average molecular weight is 269 g/mol. The summed E-state index contributed by atoms with van der Waals surface area (Å²) in [5.41, 5.74) is 0.590. The molecule has 0 saturated heterocycles. The first-order valence-electron chi connectivity index (χ1n) is 5.44.